The van der Waals surface area contributed by atoms with Gasteiger partial charge in [0, 0.05) is 12.6 Å². The summed E-state index contributed by atoms with van der Waals surface area (Å²) in [5.41, 5.74) is 0. The molecular weight excluding hydrogens is 98.1 g/mol. The summed E-state index contributed by atoms with van der Waals surface area (Å²) in [6, 6.07) is 0.579. The zero-order valence-electron chi connectivity index (χ0n) is 6.15. The quantitative estimate of drug-likeness (QED) is 0.529. The number of hydrogen-bond donors (Lipinski definition) is 0. The van der Waals surface area contributed by atoms with Crippen molar-refractivity contribution in [3.8, 4) is 0 Å². The lowest BCUT2D eigenvalue weighted by Gasteiger charge is -2.05. The van der Waals surface area contributed by atoms with E-state index in [1.165, 1.54) is 12.8 Å². The fraction of sp³-hybridized carbons (Fsp3) is 1.00. The van der Waals surface area contributed by atoms with Gasteiger partial charge in [-0.25, -0.2) is 5.32 Å². The first-order valence-corrected chi connectivity index (χ1v) is 3.47. The van der Waals surface area contributed by atoms with Crippen molar-refractivity contribution < 1.29 is 0 Å². The third-order valence-corrected chi connectivity index (χ3v) is 1.26. The van der Waals surface area contributed by atoms with Crippen LogP contribution in [0, 0.1) is 0 Å². The van der Waals surface area contributed by atoms with Crippen LogP contribution in [0.2, 0.25) is 0 Å². The van der Waals surface area contributed by atoms with Crippen molar-refractivity contribution in [2.75, 3.05) is 6.54 Å². The molecule has 0 bridgehead atoms. The van der Waals surface area contributed by atoms with E-state index in [1.54, 1.807) is 0 Å². The van der Waals surface area contributed by atoms with E-state index in [9.17, 15) is 0 Å². The summed E-state index contributed by atoms with van der Waals surface area (Å²) in [6.45, 7) is 7.53. The summed E-state index contributed by atoms with van der Waals surface area (Å²) in [5.74, 6) is 0. The number of hydrogen-bond acceptors (Lipinski definition) is 0. The monoisotopic (exact) mass is 114 g/mol. The lowest BCUT2D eigenvalue weighted by Crippen LogP contribution is -2.17. The van der Waals surface area contributed by atoms with Crippen molar-refractivity contribution in [1.82, 2.24) is 5.32 Å². The van der Waals surface area contributed by atoms with Gasteiger partial charge in [-0.2, -0.15) is 0 Å². The molecule has 0 aromatic carbocycles. The Balaban J connectivity index is 2.86. The molecule has 0 fully saturated rings. The van der Waals surface area contributed by atoms with Crippen LogP contribution in [0.15, 0.2) is 0 Å². The molecule has 0 heterocycles. The third-order valence-electron chi connectivity index (χ3n) is 1.26. The number of rotatable bonds is 4. The van der Waals surface area contributed by atoms with Gasteiger partial charge < -0.3 is 0 Å². The summed E-state index contributed by atoms with van der Waals surface area (Å²) in [4.78, 5) is 0. The minimum absolute atomic E-state index is 0.579. The highest BCUT2D eigenvalue weighted by Crippen LogP contribution is 1.88. The van der Waals surface area contributed by atoms with Gasteiger partial charge in [-0.05, 0) is 19.8 Å². The average molecular weight is 114 g/mol. The van der Waals surface area contributed by atoms with Crippen molar-refractivity contribution in [3.63, 3.8) is 0 Å². The Morgan fingerprint density at radius 1 is 1.38 bits per heavy atom. The molecule has 1 unspecified atom stereocenters. The Morgan fingerprint density at radius 3 is 2.38 bits per heavy atom. The second-order valence-electron chi connectivity index (χ2n) is 2.16. The van der Waals surface area contributed by atoms with Crippen LogP contribution < -0.4 is 5.32 Å². The van der Waals surface area contributed by atoms with E-state index in [0.717, 1.165) is 6.54 Å². The van der Waals surface area contributed by atoms with Crippen LogP contribution in [-0.2, 0) is 0 Å². The van der Waals surface area contributed by atoms with Crippen LogP contribution >= 0.6 is 0 Å². The molecular formula is C7H16N. The van der Waals surface area contributed by atoms with Crippen molar-refractivity contribution in [2.24, 2.45) is 0 Å². The zero-order valence-corrected chi connectivity index (χ0v) is 6.15. The fourth-order valence-corrected chi connectivity index (χ4v) is 0.479. The molecule has 0 aliphatic heterocycles. The minimum atomic E-state index is 0.579. The largest absolute Gasteiger partial charge is 0.239 e. The van der Waals surface area contributed by atoms with Gasteiger partial charge in [0.1, 0.15) is 0 Å². The Morgan fingerprint density at radius 2 is 2.00 bits per heavy atom. The summed E-state index contributed by atoms with van der Waals surface area (Å²) < 4.78 is 0. The average Bonchev–Trinajstić information content (AvgIpc) is 1.83. The molecule has 0 saturated carbocycles. The Bertz CT molecular complexity index is 43.7. The van der Waals surface area contributed by atoms with Crippen molar-refractivity contribution in [1.29, 1.82) is 0 Å². The first kappa shape index (κ1) is 7.96. The maximum absolute atomic E-state index is 4.36. The van der Waals surface area contributed by atoms with Crippen LogP contribution in [0.4, 0.5) is 0 Å². The molecule has 0 aromatic rings. The standard InChI is InChI=1S/C7H16N/c1-4-6-8-7(3)5-2/h7H,4-6H2,1-3H3. The fourth-order valence-electron chi connectivity index (χ4n) is 0.479. The first-order chi connectivity index (χ1) is 3.81. The summed E-state index contributed by atoms with van der Waals surface area (Å²) in [5, 5.41) is 4.36. The molecule has 8 heavy (non-hydrogen) atoms. The van der Waals surface area contributed by atoms with Gasteiger partial charge in [0.2, 0.25) is 0 Å². The second-order valence-corrected chi connectivity index (χ2v) is 2.16. The predicted octanol–water partition coefficient (Wildman–Crippen LogP) is 1.80. The van der Waals surface area contributed by atoms with Gasteiger partial charge in [-0.15, -0.1) is 0 Å². The van der Waals surface area contributed by atoms with Gasteiger partial charge in [-0.3, -0.25) is 0 Å². The molecule has 0 saturated heterocycles. The Kier molecular flexibility index (Phi) is 5.08. The van der Waals surface area contributed by atoms with E-state index in [1.807, 2.05) is 0 Å². The normalized spacial score (nSPS) is 13.9. The first-order valence-electron chi connectivity index (χ1n) is 3.47. The Labute approximate surface area is 52.5 Å². The SMILES string of the molecule is CCC[N]C(C)CC. The molecule has 0 aliphatic rings. The van der Waals surface area contributed by atoms with Crippen LogP contribution in [0.1, 0.15) is 33.6 Å². The number of nitrogens with zero attached hydrogens (tertiary/aromatic N) is 1. The Hall–Kier alpha value is -0.0400. The van der Waals surface area contributed by atoms with Crippen LogP contribution in [0.25, 0.3) is 0 Å². The van der Waals surface area contributed by atoms with E-state index in [0.29, 0.717) is 6.04 Å². The van der Waals surface area contributed by atoms with Crippen molar-refractivity contribution in [2.45, 2.75) is 39.7 Å². The molecule has 1 radical (unpaired) electrons. The minimum Gasteiger partial charge on any atom is -0.239 e. The van der Waals surface area contributed by atoms with Gasteiger partial charge in [0.25, 0.3) is 0 Å². The van der Waals surface area contributed by atoms with E-state index in [-0.39, 0.29) is 0 Å². The van der Waals surface area contributed by atoms with Gasteiger partial charge in [-0.1, -0.05) is 13.8 Å². The molecule has 0 aliphatic carbocycles. The summed E-state index contributed by atoms with van der Waals surface area (Å²) >= 11 is 0. The molecule has 0 rings (SSSR count). The molecule has 1 atom stereocenters. The maximum atomic E-state index is 4.36. The van der Waals surface area contributed by atoms with Gasteiger partial charge in [0.05, 0.1) is 0 Å². The van der Waals surface area contributed by atoms with E-state index >= 15 is 0 Å². The lowest BCUT2D eigenvalue weighted by molar-refractivity contribution is 0.521. The molecule has 0 N–H and O–H groups in total. The molecule has 49 valence electrons. The lowest BCUT2D eigenvalue weighted by atomic mass is 10.2. The smallest absolute Gasteiger partial charge is 0.0215 e. The molecule has 1 nitrogen and oxygen atoms in total. The highest BCUT2D eigenvalue weighted by molar-refractivity contribution is 4.54. The predicted molar refractivity (Wildman–Crippen MR) is 37.0 cm³/mol. The van der Waals surface area contributed by atoms with Crippen LogP contribution in [-0.4, -0.2) is 12.6 Å². The summed E-state index contributed by atoms with van der Waals surface area (Å²) in [6.07, 6.45) is 2.37. The topological polar surface area (TPSA) is 14.1 Å². The molecule has 0 spiro atoms. The van der Waals surface area contributed by atoms with E-state index in [4.69, 9.17) is 0 Å². The maximum Gasteiger partial charge on any atom is 0.0215 e. The molecule has 0 aromatic heterocycles. The zero-order chi connectivity index (χ0) is 6.41. The highest BCUT2D eigenvalue weighted by atomic mass is 14.9. The van der Waals surface area contributed by atoms with Crippen LogP contribution in [0.5, 0.6) is 0 Å². The molecule has 0 amide bonds. The second kappa shape index (κ2) is 5.10. The highest BCUT2D eigenvalue weighted by Gasteiger charge is 1.94. The van der Waals surface area contributed by atoms with Crippen LogP contribution in [0.3, 0.4) is 0 Å². The van der Waals surface area contributed by atoms with Gasteiger partial charge >= 0.3 is 0 Å². The van der Waals surface area contributed by atoms with Crippen molar-refractivity contribution in [3.05, 3.63) is 0 Å². The van der Waals surface area contributed by atoms with E-state index < -0.39 is 0 Å². The van der Waals surface area contributed by atoms with Crippen molar-refractivity contribution >= 4 is 0 Å². The van der Waals surface area contributed by atoms with Gasteiger partial charge in [0.15, 0.2) is 0 Å². The summed E-state index contributed by atoms with van der Waals surface area (Å²) in [7, 11) is 0. The molecule has 1 heteroatoms. The third kappa shape index (κ3) is 4.13. The van der Waals surface area contributed by atoms with E-state index in [2.05, 4.69) is 26.1 Å².